The molecule has 0 N–H and O–H groups in total. The van der Waals surface area contributed by atoms with Crippen LogP contribution in [0.1, 0.15) is 56.6 Å². The lowest BCUT2D eigenvalue weighted by Crippen LogP contribution is -2.31. The van der Waals surface area contributed by atoms with Gasteiger partial charge in [0, 0.05) is 5.56 Å². The molecule has 2 amide bonds. The van der Waals surface area contributed by atoms with Crippen molar-refractivity contribution >= 4 is 17.6 Å². The molecule has 2 aromatic carbocycles. The number of hydrogen-bond donors (Lipinski definition) is 0. The van der Waals surface area contributed by atoms with Gasteiger partial charge in [0.1, 0.15) is 6.10 Å². The van der Waals surface area contributed by atoms with E-state index in [-0.39, 0.29) is 5.78 Å². The first-order valence-electron chi connectivity index (χ1n) is 7.24. The molecule has 1 aliphatic rings. The standard InChI is InChI=1S/C18H15NO4/c1-11(20)13-7-9-14(10-8-13)12(2)23-19-17(21)15-5-3-4-6-16(15)18(19)22/h3-10,12H,1-2H3. The van der Waals surface area contributed by atoms with Crippen molar-refractivity contribution in [3.8, 4) is 0 Å². The predicted molar refractivity (Wildman–Crippen MR) is 82.9 cm³/mol. The van der Waals surface area contributed by atoms with Crippen LogP contribution in [0.4, 0.5) is 0 Å². The Kier molecular flexibility index (Phi) is 3.80. The highest BCUT2D eigenvalue weighted by Crippen LogP contribution is 2.27. The van der Waals surface area contributed by atoms with Gasteiger partial charge in [-0.15, -0.1) is 5.06 Å². The lowest BCUT2D eigenvalue weighted by molar-refractivity contribution is -0.128. The van der Waals surface area contributed by atoms with Gasteiger partial charge in [0.25, 0.3) is 11.8 Å². The lowest BCUT2D eigenvalue weighted by atomic mass is 10.1. The molecule has 0 saturated carbocycles. The number of nitrogens with zero attached hydrogens (tertiary/aromatic N) is 1. The van der Waals surface area contributed by atoms with E-state index in [2.05, 4.69) is 0 Å². The molecule has 0 fully saturated rings. The Labute approximate surface area is 133 Å². The van der Waals surface area contributed by atoms with Gasteiger partial charge in [-0.3, -0.25) is 19.2 Å². The summed E-state index contributed by atoms with van der Waals surface area (Å²) >= 11 is 0. The molecule has 5 heteroatoms. The van der Waals surface area contributed by atoms with Gasteiger partial charge >= 0.3 is 0 Å². The molecular weight excluding hydrogens is 294 g/mol. The molecule has 5 nitrogen and oxygen atoms in total. The normalized spacial score (nSPS) is 14.8. The summed E-state index contributed by atoms with van der Waals surface area (Å²) in [7, 11) is 0. The van der Waals surface area contributed by atoms with Gasteiger partial charge in [-0.2, -0.15) is 0 Å². The molecule has 0 aromatic heterocycles. The van der Waals surface area contributed by atoms with Crippen molar-refractivity contribution in [2.45, 2.75) is 20.0 Å². The summed E-state index contributed by atoms with van der Waals surface area (Å²) in [5.41, 5.74) is 2.06. The highest BCUT2D eigenvalue weighted by molar-refractivity contribution is 6.20. The Morgan fingerprint density at radius 2 is 1.48 bits per heavy atom. The van der Waals surface area contributed by atoms with Crippen molar-refractivity contribution in [1.82, 2.24) is 5.06 Å². The molecule has 0 aliphatic carbocycles. The number of fused-ring (bicyclic) bond motifs is 1. The quantitative estimate of drug-likeness (QED) is 0.643. The summed E-state index contributed by atoms with van der Waals surface area (Å²) in [5.74, 6) is -0.943. The zero-order valence-electron chi connectivity index (χ0n) is 12.8. The molecule has 0 radical (unpaired) electrons. The fraction of sp³-hybridized carbons (Fsp3) is 0.167. The van der Waals surface area contributed by atoms with E-state index in [1.165, 1.54) is 6.92 Å². The largest absolute Gasteiger partial charge is 0.295 e. The summed E-state index contributed by atoms with van der Waals surface area (Å²) in [6, 6.07) is 13.5. The van der Waals surface area contributed by atoms with Gasteiger partial charge in [-0.05, 0) is 31.5 Å². The van der Waals surface area contributed by atoms with Gasteiger partial charge in [0.05, 0.1) is 11.1 Å². The van der Waals surface area contributed by atoms with Crippen molar-refractivity contribution in [2.24, 2.45) is 0 Å². The minimum atomic E-state index is -0.502. The number of ketones is 1. The van der Waals surface area contributed by atoms with E-state index >= 15 is 0 Å². The third kappa shape index (κ3) is 2.66. The molecule has 2 aromatic rings. The predicted octanol–water partition coefficient (Wildman–Crippen LogP) is 3.18. The highest BCUT2D eigenvalue weighted by atomic mass is 16.7. The molecule has 116 valence electrons. The summed E-state index contributed by atoms with van der Waals surface area (Å²) in [5, 5.41) is 0.800. The van der Waals surface area contributed by atoms with Crippen LogP contribution in [0.3, 0.4) is 0 Å². The average Bonchev–Trinajstić information content (AvgIpc) is 2.80. The van der Waals surface area contributed by atoms with Crippen LogP contribution < -0.4 is 0 Å². The van der Waals surface area contributed by atoms with Crippen LogP contribution in [-0.4, -0.2) is 22.7 Å². The maximum absolute atomic E-state index is 12.3. The van der Waals surface area contributed by atoms with Crippen molar-refractivity contribution < 1.29 is 19.2 Å². The summed E-state index contributed by atoms with van der Waals surface area (Å²) in [6.07, 6.45) is -0.502. The van der Waals surface area contributed by atoms with E-state index in [0.717, 1.165) is 10.6 Å². The second-order valence-corrected chi connectivity index (χ2v) is 5.38. The fourth-order valence-corrected chi connectivity index (χ4v) is 2.47. The second-order valence-electron chi connectivity index (χ2n) is 5.38. The Morgan fingerprint density at radius 3 is 1.96 bits per heavy atom. The third-order valence-electron chi connectivity index (χ3n) is 3.81. The van der Waals surface area contributed by atoms with Gasteiger partial charge in [0.15, 0.2) is 5.78 Å². The zero-order valence-corrected chi connectivity index (χ0v) is 12.8. The maximum Gasteiger partial charge on any atom is 0.285 e. The van der Waals surface area contributed by atoms with Crippen molar-refractivity contribution in [3.05, 3.63) is 70.8 Å². The van der Waals surface area contributed by atoms with E-state index < -0.39 is 17.9 Å². The number of Topliss-reactive ketones (excluding diaryl/α,β-unsaturated/α-hetero) is 1. The Hall–Kier alpha value is -2.79. The molecular formula is C18H15NO4. The molecule has 1 unspecified atom stereocenters. The van der Waals surface area contributed by atoms with Crippen molar-refractivity contribution in [2.75, 3.05) is 0 Å². The number of imide groups is 1. The van der Waals surface area contributed by atoms with Gasteiger partial charge in [0.2, 0.25) is 0 Å². The van der Waals surface area contributed by atoms with Crippen LogP contribution in [0, 0.1) is 0 Å². The van der Waals surface area contributed by atoms with Gasteiger partial charge < -0.3 is 0 Å². The third-order valence-corrected chi connectivity index (χ3v) is 3.81. The van der Waals surface area contributed by atoms with Crippen LogP contribution in [-0.2, 0) is 4.84 Å². The monoisotopic (exact) mass is 309 g/mol. The van der Waals surface area contributed by atoms with Crippen LogP contribution in [0.25, 0.3) is 0 Å². The molecule has 0 bridgehead atoms. The number of rotatable bonds is 4. The molecule has 3 rings (SSSR count). The first-order valence-corrected chi connectivity index (χ1v) is 7.24. The smallest absolute Gasteiger partial charge is 0.285 e. The first kappa shape index (κ1) is 15.1. The summed E-state index contributed by atoms with van der Waals surface area (Å²) < 4.78 is 0. The molecule has 1 atom stereocenters. The van der Waals surface area contributed by atoms with E-state index in [4.69, 9.17) is 4.84 Å². The van der Waals surface area contributed by atoms with Crippen LogP contribution >= 0.6 is 0 Å². The van der Waals surface area contributed by atoms with E-state index in [9.17, 15) is 14.4 Å². The Balaban J connectivity index is 1.79. The number of amides is 2. The Morgan fingerprint density at radius 1 is 0.957 bits per heavy atom. The first-order chi connectivity index (χ1) is 11.0. The molecule has 1 heterocycles. The average molecular weight is 309 g/mol. The van der Waals surface area contributed by atoms with E-state index in [0.29, 0.717) is 16.7 Å². The number of benzene rings is 2. The number of carbonyl (C=O) groups excluding carboxylic acids is 3. The maximum atomic E-state index is 12.3. The van der Waals surface area contributed by atoms with Crippen molar-refractivity contribution in [1.29, 1.82) is 0 Å². The lowest BCUT2D eigenvalue weighted by Gasteiger charge is -2.19. The van der Waals surface area contributed by atoms with Gasteiger partial charge in [-0.1, -0.05) is 36.4 Å². The van der Waals surface area contributed by atoms with Crippen LogP contribution in [0.5, 0.6) is 0 Å². The molecule has 1 aliphatic heterocycles. The van der Waals surface area contributed by atoms with Crippen molar-refractivity contribution in [3.63, 3.8) is 0 Å². The minimum absolute atomic E-state index is 0.0227. The van der Waals surface area contributed by atoms with Crippen LogP contribution in [0.2, 0.25) is 0 Å². The zero-order chi connectivity index (χ0) is 16.6. The highest BCUT2D eigenvalue weighted by Gasteiger charge is 2.37. The van der Waals surface area contributed by atoms with E-state index in [1.807, 2.05) is 0 Å². The fourth-order valence-electron chi connectivity index (χ4n) is 2.47. The number of hydrogen-bond acceptors (Lipinski definition) is 4. The molecule has 0 saturated heterocycles. The SMILES string of the molecule is CC(=O)c1ccc(C(C)ON2C(=O)c3ccccc3C2=O)cc1. The van der Waals surface area contributed by atoms with E-state index in [1.54, 1.807) is 55.5 Å². The topological polar surface area (TPSA) is 63.7 Å². The van der Waals surface area contributed by atoms with Crippen LogP contribution in [0.15, 0.2) is 48.5 Å². The summed E-state index contributed by atoms with van der Waals surface area (Å²) in [6.45, 7) is 3.24. The van der Waals surface area contributed by atoms with Gasteiger partial charge in [-0.25, -0.2) is 0 Å². The molecule has 23 heavy (non-hydrogen) atoms. The number of hydroxylamine groups is 2. The number of carbonyl (C=O) groups is 3. The molecule has 0 spiro atoms. The minimum Gasteiger partial charge on any atom is -0.295 e. The Bertz CT molecular complexity index is 760. The second kappa shape index (κ2) is 5.78. The summed E-state index contributed by atoms with van der Waals surface area (Å²) in [4.78, 5) is 41.3.